The topological polar surface area (TPSA) is 56.1 Å². The van der Waals surface area contributed by atoms with Crippen LogP contribution in [0.4, 0.5) is 13.2 Å². The maximum atomic E-state index is 12.4. The lowest BCUT2D eigenvalue weighted by Crippen LogP contribution is -2.27. The van der Waals surface area contributed by atoms with E-state index in [1.165, 1.54) is 6.20 Å². The van der Waals surface area contributed by atoms with Gasteiger partial charge in [-0.3, -0.25) is 9.48 Å². The number of nitrogens with zero attached hydrogens (tertiary/aromatic N) is 2. The molecule has 0 saturated carbocycles. The number of hydrogen-bond acceptors (Lipinski definition) is 3. The number of rotatable bonds is 8. The van der Waals surface area contributed by atoms with Crippen molar-refractivity contribution in [2.24, 2.45) is 0 Å². The predicted octanol–water partition coefficient (Wildman–Crippen LogP) is 3.51. The highest BCUT2D eigenvalue weighted by atomic mass is 19.4. The zero-order valence-electron chi connectivity index (χ0n) is 13.8. The Labute approximate surface area is 143 Å². The van der Waals surface area contributed by atoms with Crippen LogP contribution in [0.15, 0.2) is 36.5 Å². The molecule has 1 N–H and O–H groups in total. The molecular formula is C17H20F3N3O2. The number of hydrogen-bond donors (Lipinski definition) is 1. The van der Waals surface area contributed by atoms with Crippen molar-refractivity contribution in [3.8, 4) is 5.75 Å². The van der Waals surface area contributed by atoms with Gasteiger partial charge in [-0.2, -0.15) is 18.3 Å². The van der Waals surface area contributed by atoms with E-state index in [-0.39, 0.29) is 19.0 Å². The highest BCUT2D eigenvalue weighted by Crippen LogP contribution is 2.27. The summed E-state index contributed by atoms with van der Waals surface area (Å²) >= 11 is 0. The molecule has 0 bridgehead atoms. The van der Waals surface area contributed by atoms with Gasteiger partial charge in [-0.05, 0) is 36.8 Å². The van der Waals surface area contributed by atoms with Crippen LogP contribution < -0.4 is 10.1 Å². The molecule has 0 unspecified atom stereocenters. The van der Waals surface area contributed by atoms with E-state index in [4.69, 9.17) is 4.74 Å². The Kier molecular flexibility index (Phi) is 6.44. The van der Waals surface area contributed by atoms with Crippen LogP contribution in [0.5, 0.6) is 5.75 Å². The second-order valence-electron chi connectivity index (χ2n) is 5.44. The van der Waals surface area contributed by atoms with E-state index in [1.54, 1.807) is 24.3 Å². The molecule has 0 saturated heterocycles. The van der Waals surface area contributed by atoms with Gasteiger partial charge >= 0.3 is 6.18 Å². The molecule has 0 aliphatic carbocycles. The fourth-order valence-electron chi connectivity index (χ4n) is 2.06. The van der Waals surface area contributed by atoms with E-state index >= 15 is 0 Å². The van der Waals surface area contributed by atoms with Gasteiger partial charge in [-0.1, -0.05) is 13.3 Å². The Morgan fingerprint density at radius 1 is 1.24 bits per heavy atom. The summed E-state index contributed by atoms with van der Waals surface area (Å²) < 4.78 is 44.0. The Balaban J connectivity index is 1.79. The maximum Gasteiger partial charge on any atom is 0.435 e. The zero-order valence-corrected chi connectivity index (χ0v) is 13.8. The number of alkyl halides is 3. The molecule has 0 spiro atoms. The van der Waals surface area contributed by atoms with Crippen molar-refractivity contribution in [1.82, 2.24) is 15.1 Å². The summed E-state index contributed by atoms with van der Waals surface area (Å²) in [4.78, 5) is 12.0. The van der Waals surface area contributed by atoms with Crippen molar-refractivity contribution in [1.29, 1.82) is 0 Å². The summed E-state index contributed by atoms with van der Waals surface area (Å²) in [6, 6.07) is 7.62. The lowest BCUT2D eigenvalue weighted by atomic mass is 10.2. The first-order valence-electron chi connectivity index (χ1n) is 8.02. The van der Waals surface area contributed by atoms with Gasteiger partial charge < -0.3 is 10.1 Å². The van der Waals surface area contributed by atoms with Crippen LogP contribution in [0.1, 0.15) is 35.8 Å². The standard InChI is InChI=1S/C17H20F3N3O2/c1-2-3-12-25-14-6-4-13(5-7-14)16(24)21-9-11-23-10-8-15(22-23)17(18,19)20/h4-8,10H,2-3,9,11-12H2,1H3,(H,21,24). The van der Waals surface area contributed by atoms with Gasteiger partial charge in [-0.15, -0.1) is 0 Å². The van der Waals surface area contributed by atoms with E-state index in [9.17, 15) is 18.0 Å². The van der Waals surface area contributed by atoms with Crippen molar-refractivity contribution >= 4 is 5.91 Å². The number of ether oxygens (including phenoxy) is 1. The number of benzene rings is 1. The average molecular weight is 355 g/mol. The molecule has 1 heterocycles. The van der Waals surface area contributed by atoms with Gasteiger partial charge in [0.25, 0.3) is 5.91 Å². The molecule has 5 nitrogen and oxygen atoms in total. The van der Waals surface area contributed by atoms with Gasteiger partial charge in [-0.25, -0.2) is 0 Å². The van der Waals surface area contributed by atoms with E-state index in [0.717, 1.165) is 23.6 Å². The van der Waals surface area contributed by atoms with E-state index in [1.807, 2.05) is 0 Å². The number of halogens is 3. The van der Waals surface area contributed by atoms with Crippen LogP contribution in [0.2, 0.25) is 0 Å². The first-order chi connectivity index (χ1) is 11.9. The average Bonchev–Trinajstić information content (AvgIpc) is 3.05. The molecule has 0 radical (unpaired) electrons. The van der Waals surface area contributed by atoms with Crippen molar-refractivity contribution < 1.29 is 22.7 Å². The minimum Gasteiger partial charge on any atom is -0.494 e. The molecule has 136 valence electrons. The van der Waals surface area contributed by atoms with Gasteiger partial charge in [0.15, 0.2) is 5.69 Å². The molecule has 8 heteroatoms. The van der Waals surface area contributed by atoms with Crippen molar-refractivity contribution in [2.75, 3.05) is 13.2 Å². The van der Waals surface area contributed by atoms with Crippen molar-refractivity contribution in [3.63, 3.8) is 0 Å². The molecule has 1 aromatic carbocycles. The van der Waals surface area contributed by atoms with Crippen LogP contribution >= 0.6 is 0 Å². The van der Waals surface area contributed by atoms with Gasteiger partial charge in [0.05, 0.1) is 13.2 Å². The Bertz CT molecular complexity index is 681. The van der Waals surface area contributed by atoms with Crippen LogP contribution in [0, 0.1) is 0 Å². The summed E-state index contributed by atoms with van der Waals surface area (Å²) in [6.45, 7) is 3.03. The van der Waals surface area contributed by atoms with Gasteiger partial charge in [0.1, 0.15) is 5.75 Å². The molecule has 0 fully saturated rings. The van der Waals surface area contributed by atoms with E-state index in [0.29, 0.717) is 17.9 Å². The number of carbonyl (C=O) groups excluding carboxylic acids is 1. The van der Waals surface area contributed by atoms with Crippen LogP contribution in [-0.2, 0) is 12.7 Å². The number of aromatic nitrogens is 2. The lowest BCUT2D eigenvalue weighted by Gasteiger charge is -2.08. The summed E-state index contributed by atoms with van der Waals surface area (Å²) in [7, 11) is 0. The number of carbonyl (C=O) groups is 1. The molecule has 2 rings (SSSR count). The molecule has 1 aromatic heterocycles. The third-order valence-corrected chi connectivity index (χ3v) is 3.44. The van der Waals surface area contributed by atoms with Gasteiger partial charge in [0.2, 0.25) is 0 Å². The molecule has 0 atom stereocenters. The Morgan fingerprint density at radius 2 is 1.96 bits per heavy atom. The third-order valence-electron chi connectivity index (χ3n) is 3.44. The van der Waals surface area contributed by atoms with Gasteiger partial charge in [0, 0.05) is 18.3 Å². The summed E-state index contributed by atoms with van der Waals surface area (Å²) in [5, 5.41) is 6.07. The molecule has 2 aromatic rings. The second-order valence-corrected chi connectivity index (χ2v) is 5.44. The highest BCUT2D eigenvalue weighted by molar-refractivity contribution is 5.94. The minimum atomic E-state index is -4.46. The van der Waals surface area contributed by atoms with E-state index in [2.05, 4.69) is 17.3 Å². The van der Waals surface area contributed by atoms with Crippen molar-refractivity contribution in [2.45, 2.75) is 32.5 Å². The SMILES string of the molecule is CCCCOc1ccc(C(=O)NCCn2ccc(C(F)(F)F)n2)cc1. The largest absolute Gasteiger partial charge is 0.494 e. The van der Waals surface area contributed by atoms with Crippen LogP contribution in [0.25, 0.3) is 0 Å². The fraction of sp³-hybridized carbons (Fsp3) is 0.412. The molecular weight excluding hydrogens is 335 g/mol. The number of amides is 1. The second kappa shape index (κ2) is 8.55. The Hall–Kier alpha value is -2.51. The maximum absolute atomic E-state index is 12.4. The summed E-state index contributed by atoms with van der Waals surface area (Å²) in [5.41, 5.74) is -0.489. The number of nitrogens with one attached hydrogen (secondary N) is 1. The highest BCUT2D eigenvalue weighted by Gasteiger charge is 2.33. The van der Waals surface area contributed by atoms with Crippen LogP contribution in [-0.4, -0.2) is 28.8 Å². The molecule has 0 aliphatic heterocycles. The normalized spacial score (nSPS) is 11.4. The third kappa shape index (κ3) is 5.81. The first kappa shape index (κ1) is 18.8. The quantitative estimate of drug-likeness (QED) is 0.737. The fourth-order valence-corrected chi connectivity index (χ4v) is 2.06. The molecule has 25 heavy (non-hydrogen) atoms. The van der Waals surface area contributed by atoms with E-state index < -0.39 is 11.9 Å². The predicted molar refractivity (Wildman–Crippen MR) is 86.4 cm³/mol. The van der Waals surface area contributed by atoms with Crippen molar-refractivity contribution in [3.05, 3.63) is 47.8 Å². The zero-order chi connectivity index (χ0) is 18.3. The minimum absolute atomic E-state index is 0.153. The molecule has 0 aliphatic rings. The van der Waals surface area contributed by atoms with Crippen LogP contribution in [0.3, 0.4) is 0 Å². The summed E-state index contributed by atoms with van der Waals surface area (Å²) in [5.74, 6) is 0.393. The lowest BCUT2D eigenvalue weighted by molar-refractivity contribution is -0.141. The number of unbranched alkanes of at least 4 members (excludes halogenated alkanes) is 1. The monoisotopic (exact) mass is 355 g/mol. The summed E-state index contributed by atoms with van der Waals surface area (Å²) in [6.07, 6.45) is -1.22. The molecule has 1 amide bonds. The Morgan fingerprint density at radius 3 is 2.56 bits per heavy atom. The first-order valence-corrected chi connectivity index (χ1v) is 8.02. The smallest absolute Gasteiger partial charge is 0.435 e.